The zero-order chi connectivity index (χ0) is 17.4. The summed E-state index contributed by atoms with van der Waals surface area (Å²) >= 11 is 0. The Labute approximate surface area is 144 Å². The van der Waals surface area contributed by atoms with E-state index in [9.17, 15) is 9.59 Å². The fraction of sp³-hybridized carbons (Fsp3) is 0.200. The molecule has 2 heterocycles. The number of nitrogens with one attached hydrogen (secondary N) is 1. The first-order chi connectivity index (χ1) is 12.1. The number of hydrogen-bond donors (Lipinski definition) is 2. The molecular weight excluding hydrogens is 316 g/mol. The lowest BCUT2D eigenvalue weighted by Crippen LogP contribution is -2.37. The van der Waals surface area contributed by atoms with Gasteiger partial charge < -0.3 is 15.0 Å². The lowest BCUT2D eigenvalue weighted by Gasteiger charge is -2.29. The van der Waals surface area contributed by atoms with Crippen molar-refractivity contribution in [2.75, 3.05) is 6.54 Å². The Morgan fingerprint density at radius 3 is 2.72 bits per heavy atom. The maximum Gasteiger partial charge on any atom is 0.335 e. The van der Waals surface area contributed by atoms with Gasteiger partial charge in [-0.15, -0.1) is 0 Å². The van der Waals surface area contributed by atoms with Crippen molar-refractivity contribution in [2.24, 2.45) is 0 Å². The number of aromatic nitrogens is 1. The van der Waals surface area contributed by atoms with Crippen molar-refractivity contribution < 1.29 is 14.7 Å². The predicted octanol–water partition coefficient (Wildman–Crippen LogP) is 2.99. The second-order valence-corrected chi connectivity index (χ2v) is 6.41. The molecule has 2 N–H and O–H groups in total. The number of carboxylic acids is 1. The third kappa shape index (κ3) is 3.01. The highest BCUT2D eigenvalue weighted by molar-refractivity contribution is 5.88. The molecule has 0 radical (unpaired) electrons. The summed E-state index contributed by atoms with van der Waals surface area (Å²) in [7, 11) is 0. The van der Waals surface area contributed by atoms with Gasteiger partial charge in [-0.25, -0.2) is 4.79 Å². The van der Waals surface area contributed by atoms with Crippen molar-refractivity contribution in [2.45, 2.75) is 19.4 Å². The molecule has 0 fully saturated rings. The fourth-order valence-corrected chi connectivity index (χ4v) is 3.41. The predicted molar refractivity (Wildman–Crippen MR) is 94.5 cm³/mol. The number of para-hydroxylation sites is 1. The average Bonchev–Trinajstić information content (AvgIpc) is 3.02. The van der Waals surface area contributed by atoms with Crippen LogP contribution in [0.25, 0.3) is 10.9 Å². The zero-order valence-electron chi connectivity index (χ0n) is 13.7. The van der Waals surface area contributed by atoms with Gasteiger partial charge >= 0.3 is 5.97 Å². The van der Waals surface area contributed by atoms with Gasteiger partial charge in [-0.3, -0.25) is 4.79 Å². The molecule has 0 saturated heterocycles. The van der Waals surface area contributed by atoms with E-state index in [-0.39, 0.29) is 11.5 Å². The minimum Gasteiger partial charge on any atom is -0.478 e. The smallest absolute Gasteiger partial charge is 0.335 e. The molecule has 2 aromatic carbocycles. The van der Waals surface area contributed by atoms with Crippen LogP contribution >= 0.6 is 0 Å². The second kappa shape index (κ2) is 6.09. The Hall–Kier alpha value is -3.08. The van der Waals surface area contributed by atoms with Crippen LogP contribution in [0.5, 0.6) is 0 Å². The molecule has 0 saturated carbocycles. The van der Waals surface area contributed by atoms with Crippen LogP contribution in [-0.2, 0) is 24.2 Å². The molecule has 1 aromatic heterocycles. The molecule has 1 aliphatic rings. The Morgan fingerprint density at radius 2 is 1.92 bits per heavy atom. The van der Waals surface area contributed by atoms with Crippen LogP contribution in [0.4, 0.5) is 0 Å². The van der Waals surface area contributed by atoms with Gasteiger partial charge in [-0.05, 0) is 47.2 Å². The van der Waals surface area contributed by atoms with Crippen LogP contribution in [0.3, 0.4) is 0 Å². The van der Waals surface area contributed by atoms with Crippen LogP contribution in [-0.4, -0.2) is 33.4 Å². The highest BCUT2D eigenvalue weighted by atomic mass is 16.4. The third-order valence-electron chi connectivity index (χ3n) is 4.75. The maximum atomic E-state index is 12.7. The van der Waals surface area contributed by atoms with Crippen molar-refractivity contribution in [1.29, 1.82) is 0 Å². The number of fused-ring (bicyclic) bond motifs is 2. The number of aromatic carboxylic acids is 1. The van der Waals surface area contributed by atoms with Crippen LogP contribution in [0.1, 0.15) is 27.2 Å². The molecule has 1 aliphatic heterocycles. The van der Waals surface area contributed by atoms with E-state index >= 15 is 0 Å². The number of nitrogens with zero attached hydrogens (tertiary/aromatic N) is 1. The largest absolute Gasteiger partial charge is 0.478 e. The summed E-state index contributed by atoms with van der Waals surface area (Å²) in [5, 5.41) is 10.2. The molecule has 0 bridgehead atoms. The van der Waals surface area contributed by atoms with Crippen molar-refractivity contribution >= 4 is 22.8 Å². The number of carbonyl (C=O) groups is 2. The molecular formula is C20H18N2O3. The van der Waals surface area contributed by atoms with Gasteiger partial charge in [0.25, 0.3) is 0 Å². The number of rotatable bonds is 3. The van der Waals surface area contributed by atoms with Gasteiger partial charge in [0.15, 0.2) is 0 Å². The quantitative estimate of drug-likeness (QED) is 0.773. The second-order valence-electron chi connectivity index (χ2n) is 6.41. The lowest BCUT2D eigenvalue weighted by atomic mass is 9.97. The normalized spacial score (nSPS) is 13.7. The number of carbonyl (C=O) groups excluding carboxylic acids is 1. The van der Waals surface area contributed by atoms with Crippen molar-refractivity contribution in [3.8, 4) is 0 Å². The first kappa shape index (κ1) is 15.4. The van der Waals surface area contributed by atoms with E-state index in [1.807, 2.05) is 36.4 Å². The molecule has 4 rings (SSSR count). The summed E-state index contributed by atoms with van der Waals surface area (Å²) in [4.78, 5) is 28.9. The van der Waals surface area contributed by atoms with Crippen molar-refractivity contribution in [1.82, 2.24) is 9.88 Å². The number of benzene rings is 2. The van der Waals surface area contributed by atoms with Gasteiger partial charge in [-0.1, -0.05) is 24.3 Å². The Bertz CT molecular complexity index is 941. The Kier molecular flexibility index (Phi) is 3.76. The molecule has 0 aliphatic carbocycles. The molecule has 0 unspecified atom stereocenters. The van der Waals surface area contributed by atoms with E-state index in [4.69, 9.17) is 5.11 Å². The Balaban J connectivity index is 1.51. The van der Waals surface area contributed by atoms with Gasteiger partial charge in [-0.2, -0.15) is 0 Å². The van der Waals surface area contributed by atoms with Gasteiger partial charge in [0.1, 0.15) is 0 Å². The molecule has 0 spiro atoms. The fourth-order valence-electron chi connectivity index (χ4n) is 3.41. The van der Waals surface area contributed by atoms with Gasteiger partial charge in [0.2, 0.25) is 5.91 Å². The minimum atomic E-state index is -0.940. The van der Waals surface area contributed by atoms with E-state index < -0.39 is 5.97 Å². The van der Waals surface area contributed by atoms with Gasteiger partial charge in [0.05, 0.1) is 12.0 Å². The highest BCUT2D eigenvalue weighted by Crippen LogP contribution is 2.22. The summed E-state index contributed by atoms with van der Waals surface area (Å²) in [5.41, 5.74) is 4.25. The summed E-state index contributed by atoms with van der Waals surface area (Å²) in [6, 6.07) is 15.1. The monoisotopic (exact) mass is 334 g/mol. The lowest BCUT2D eigenvalue weighted by molar-refractivity contribution is -0.131. The van der Waals surface area contributed by atoms with Crippen LogP contribution < -0.4 is 0 Å². The third-order valence-corrected chi connectivity index (χ3v) is 4.75. The Morgan fingerprint density at radius 1 is 1.08 bits per heavy atom. The van der Waals surface area contributed by atoms with E-state index in [0.29, 0.717) is 19.5 Å². The standard InChI is InChI=1S/C20H18N2O3/c23-19(11-17-10-14-3-1-2-4-18(14)21-17)22-8-7-13-5-6-15(20(24)25)9-16(13)12-22/h1-6,9-10,21H,7-8,11-12H2,(H,24,25). The number of carboxylic acid groups (broad SMARTS) is 1. The number of amides is 1. The topological polar surface area (TPSA) is 73.4 Å². The molecule has 3 aromatic rings. The molecule has 5 heteroatoms. The van der Waals surface area contributed by atoms with Gasteiger partial charge in [0, 0.05) is 24.3 Å². The number of aromatic amines is 1. The molecule has 0 atom stereocenters. The molecule has 25 heavy (non-hydrogen) atoms. The molecule has 1 amide bonds. The van der Waals surface area contributed by atoms with E-state index in [0.717, 1.165) is 34.1 Å². The molecule has 126 valence electrons. The van der Waals surface area contributed by atoms with Crippen molar-refractivity contribution in [3.05, 3.63) is 70.9 Å². The van der Waals surface area contributed by atoms with Crippen molar-refractivity contribution in [3.63, 3.8) is 0 Å². The van der Waals surface area contributed by atoms with Crippen LogP contribution in [0.2, 0.25) is 0 Å². The first-order valence-electron chi connectivity index (χ1n) is 8.29. The number of H-pyrrole nitrogens is 1. The van der Waals surface area contributed by atoms with E-state index in [1.165, 1.54) is 0 Å². The number of hydrogen-bond acceptors (Lipinski definition) is 2. The van der Waals surface area contributed by atoms with E-state index in [1.54, 1.807) is 17.0 Å². The highest BCUT2D eigenvalue weighted by Gasteiger charge is 2.22. The summed E-state index contributed by atoms with van der Waals surface area (Å²) in [6.45, 7) is 1.13. The SMILES string of the molecule is O=C(O)c1ccc2c(c1)CN(C(=O)Cc1cc3ccccc3[nH]1)CC2. The molecule has 5 nitrogen and oxygen atoms in total. The zero-order valence-corrected chi connectivity index (χ0v) is 13.7. The van der Waals surface area contributed by atoms with Crippen LogP contribution in [0, 0.1) is 0 Å². The summed E-state index contributed by atoms with van der Waals surface area (Å²) in [6.07, 6.45) is 1.08. The summed E-state index contributed by atoms with van der Waals surface area (Å²) < 4.78 is 0. The first-order valence-corrected chi connectivity index (χ1v) is 8.29. The maximum absolute atomic E-state index is 12.7. The minimum absolute atomic E-state index is 0.0536. The van der Waals surface area contributed by atoms with Crippen LogP contribution in [0.15, 0.2) is 48.5 Å². The average molecular weight is 334 g/mol. The summed E-state index contributed by atoms with van der Waals surface area (Å²) in [5.74, 6) is -0.887. The van der Waals surface area contributed by atoms with E-state index in [2.05, 4.69) is 4.98 Å².